The zero-order chi connectivity index (χ0) is 11.4. The standard InChI is InChI=1S/C12H22N2OS/c1-16-5-3-2-4-12(15)14-8-10-6-13-7-11(10)9-14/h10-11,13H,2-9H2,1H3/t10-,11+. The zero-order valence-corrected chi connectivity index (χ0v) is 10.9. The zero-order valence-electron chi connectivity index (χ0n) is 10.1. The molecule has 2 heterocycles. The first kappa shape index (κ1) is 12.2. The molecule has 1 amide bonds. The van der Waals surface area contributed by atoms with Crippen LogP contribution in [0.1, 0.15) is 19.3 Å². The number of likely N-dealkylation sites (tertiary alicyclic amines) is 1. The van der Waals surface area contributed by atoms with Crippen LogP contribution in [0.5, 0.6) is 0 Å². The Bertz CT molecular complexity index is 235. The van der Waals surface area contributed by atoms with E-state index in [1.807, 2.05) is 11.8 Å². The largest absolute Gasteiger partial charge is 0.342 e. The second-order valence-electron chi connectivity index (χ2n) is 4.93. The third-order valence-corrected chi connectivity index (χ3v) is 4.43. The average Bonchev–Trinajstić information content (AvgIpc) is 2.83. The van der Waals surface area contributed by atoms with Crippen LogP contribution in [0.4, 0.5) is 0 Å². The SMILES string of the molecule is CSCCCCC(=O)N1C[C@H]2CNC[C@H]2C1. The summed E-state index contributed by atoms with van der Waals surface area (Å²) >= 11 is 1.87. The van der Waals surface area contributed by atoms with E-state index < -0.39 is 0 Å². The Hall–Kier alpha value is -0.220. The van der Waals surface area contributed by atoms with E-state index in [0.717, 1.165) is 50.9 Å². The number of amides is 1. The first-order valence-electron chi connectivity index (χ1n) is 6.28. The molecular formula is C12H22N2OS. The van der Waals surface area contributed by atoms with Crippen molar-refractivity contribution in [2.45, 2.75) is 19.3 Å². The molecule has 0 radical (unpaired) electrons. The van der Waals surface area contributed by atoms with E-state index in [0.29, 0.717) is 5.91 Å². The molecule has 0 unspecified atom stereocenters. The molecule has 16 heavy (non-hydrogen) atoms. The first-order chi connectivity index (χ1) is 7.81. The molecule has 0 aromatic heterocycles. The Kier molecular flexibility index (Phi) is 4.53. The van der Waals surface area contributed by atoms with Crippen molar-refractivity contribution in [3.05, 3.63) is 0 Å². The van der Waals surface area contributed by atoms with Crippen LogP contribution in [-0.4, -0.2) is 49.0 Å². The molecule has 92 valence electrons. The van der Waals surface area contributed by atoms with Crippen LogP contribution in [0, 0.1) is 11.8 Å². The molecule has 2 atom stereocenters. The van der Waals surface area contributed by atoms with Gasteiger partial charge in [0.15, 0.2) is 0 Å². The molecule has 2 aliphatic heterocycles. The van der Waals surface area contributed by atoms with Crippen molar-refractivity contribution in [3.63, 3.8) is 0 Å². The molecule has 2 aliphatic rings. The van der Waals surface area contributed by atoms with E-state index >= 15 is 0 Å². The fourth-order valence-corrected chi connectivity index (χ4v) is 3.23. The van der Waals surface area contributed by atoms with E-state index in [-0.39, 0.29) is 0 Å². The number of nitrogens with zero attached hydrogens (tertiary/aromatic N) is 1. The van der Waals surface area contributed by atoms with Crippen LogP contribution in [0.15, 0.2) is 0 Å². The van der Waals surface area contributed by atoms with Crippen molar-refractivity contribution in [3.8, 4) is 0 Å². The summed E-state index contributed by atoms with van der Waals surface area (Å²) in [5.41, 5.74) is 0. The van der Waals surface area contributed by atoms with Crippen LogP contribution in [-0.2, 0) is 4.79 Å². The van der Waals surface area contributed by atoms with Gasteiger partial charge in [-0.1, -0.05) is 0 Å². The molecule has 0 spiro atoms. The van der Waals surface area contributed by atoms with Gasteiger partial charge in [0.25, 0.3) is 0 Å². The summed E-state index contributed by atoms with van der Waals surface area (Å²) in [6.07, 6.45) is 5.11. The molecule has 3 nitrogen and oxygen atoms in total. The van der Waals surface area contributed by atoms with Crippen LogP contribution >= 0.6 is 11.8 Å². The third kappa shape index (κ3) is 2.92. The van der Waals surface area contributed by atoms with Crippen molar-refractivity contribution in [1.29, 1.82) is 0 Å². The maximum absolute atomic E-state index is 11.9. The van der Waals surface area contributed by atoms with E-state index in [4.69, 9.17) is 0 Å². The molecule has 0 bridgehead atoms. The molecule has 0 aliphatic carbocycles. The lowest BCUT2D eigenvalue weighted by Gasteiger charge is -2.17. The summed E-state index contributed by atoms with van der Waals surface area (Å²) in [6, 6.07) is 0. The number of carbonyl (C=O) groups is 1. The minimum atomic E-state index is 0.385. The second kappa shape index (κ2) is 5.92. The van der Waals surface area contributed by atoms with Gasteiger partial charge in [0, 0.05) is 32.6 Å². The summed E-state index contributed by atoms with van der Waals surface area (Å²) in [5, 5.41) is 3.40. The summed E-state index contributed by atoms with van der Waals surface area (Å²) < 4.78 is 0. The molecule has 0 aromatic carbocycles. The van der Waals surface area contributed by atoms with Crippen LogP contribution in [0.3, 0.4) is 0 Å². The van der Waals surface area contributed by atoms with E-state index in [9.17, 15) is 4.79 Å². The number of carbonyl (C=O) groups excluding carboxylic acids is 1. The molecule has 2 saturated heterocycles. The Morgan fingerprint density at radius 3 is 2.62 bits per heavy atom. The summed E-state index contributed by atoms with van der Waals surface area (Å²) in [6.45, 7) is 4.22. The minimum Gasteiger partial charge on any atom is -0.342 e. The number of fused-ring (bicyclic) bond motifs is 1. The Morgan fingerprint density at radius 1 is 1.31 bits per heavy atom. The highest BCUT2D eigenvalue weighted by molar-refractivity contribution is 7.98. The van der Waals surface area contributed by atoms with Gasteiger partial charge in [-0.3, -0.25) is 4.79 Å². The van der Waals surface area contributed by atoms with Gasteiger partial charge in [-0.2, -0.15) is 11.8 Å². The van der Waals surface area contributed by atoms with Gasteiger partial charge >= 0.3 is 0 Å². The third-order valence-electron chi connectivity index (χ3n) is 3.73. The smallest absolute Gasteiger partial charge is 0.222 e. The van der Waals surface area contributed by atoms with Crippen LogP contribution in [0.2, 0.25) is 0 Å². The van der Waals surface area contributed by atoms with Crippen molar-refractivity contribution >= 4 is 17.7 Å². The molecule has 4 heteroatoms. The Labute approximate surface area is 102 Å². The Balaban J connectivity index is 1.66. The number of hydrogen-bond donors (Lipinski definition) is 1. The topological polar surface area (TPSA) is 32.3 Å². The quantitative estimate of drug-likeness (QED) is 0.735. The molecule has 2 fully saturated rings. The summed E-state index contributed by atoms with van der Waals surface area (Å²) in [5.74, 6) is 3.03. The lowest BCUT2D eigenvalue weighted by molar-refractivity contribution is -0.130. The van der Waals surface area contributed by atoms with Gasteiger partial charge in [0.05, 0.1) is 0 Å². The highest BCUT2D eigenvalue weighted by Crippen LogP contribution is 2.26. The predicted molar refractivity (Wildman–Crippen MR) is 68.7 cm³/mol. The monoisotopic (exact) mass is 242 g/mol. The minimum absolute atomic E-state index is 0.385. The number of rotatable bonds is 5. The van der Waals surface area contributed by atoms with Crippen molar-refractivity contribution in [2.24, 2.45) is 11.8 Å². The first-order valence-corrected chi connectivity index (χ1v) is 7.68. The Morgan fingerprint density at radius 2 is 2.00 bits per heavy atom. The van der Waals surface area contributed by atoms with Crippen molar-refractivity contribution < 1.29 is 4.79 Å². The second-order valence-corrected chi connectivity index (χ2v) is 5.91. The number of thioether (sulfide) groups is 1. The van der Waals surface area contributed by atoms with Gasteiger partial charge in [0.2, 0.25) is 5.91 Å². The van der Waals surface area contributed by atoms with Gasteiger partial charge in [0.1, 0.15) is 0 Å². The van der Waals surface area contributed by atoms with Crippen molar-refractivity contribution in [2.75, 3.05) is 38.2 Å². The molecule has 0 aromatic rings. The van der Waals surface area contributed by atoms with Gasteiger partial charge in [-0.25, -0.2) is 0 Å². The van der Waals surface area contributed by atoms with Crippen LogP contribution < -0.4 is 5.32 Å². The highest BCUT2D eigenvalue weighted by atomic mass is 32.2. The van der Waals surface area contributed by atoms with Crippen molar-refractivity contribution in [1.82, 2.24) is 10.2 Å². The molecule has 2 rings (SSSR count). The lowest BCUT2D eigenvalue weighted by atomic mass is 10.0. The summed E-state index contributed by atoms with van der Waals surface area (Å²) in [7, 11) is 0. The number of nitrogens with one attached hydrogen (secondary N) is 1. The molecule has 1 N–H and O–H groups in total. The highest BCUT2D eigenvalue weighted by Gasteiger charge is 2.37. The predicted octanol–water partition coefficient (Wildman–Crippen LogP) is 1.20. The van der Waals surface area contributed by atoms with E-state index in [1.165, 1.54) is 12.2 Å². The number of unbranched alkanes of at least 4 members (excludes halogenated alkanes) is 1. The molecular weight excluding hydrogens is 220 g/mol. The van der Waals surface area contributed by atoms with Gasteiger partial charge < -0.3 is 10.2 Å². The fourth-order valence-electron chi connectivity index (χ4n) is 2.74. The maximum atomic E-state index is 11.9. The summed E-state index contributed by atoms with van der Waals surface area (Å²) in [4.78, 5) is 14.0. The van der Waals surface area contributed by atoms with Crippen LogP contribution in [0.25, 0.3) is 0 Å². The number of hydrogen-bond acceptors (Lipinski definition) is 3. The average molecular weight is 242 g/mol. The fraction of sp³-hybridized carbons (Fsp3) is 0.917. The van der Waals surface area contributed by atoms with E-state index in [1.54, 1.807) is 0 Å². The maximum Gasteiger partial charge on any atom is 0.222 e. The lowest BCUT2D eigenvalue weighted by Crippen LogP contribution is -2.31. The van der Waals surface area contributed by atoms with Gasteiger partial charge in [-0.05, 0) is 36.7 Å². The van der Waals surface area contributed by atoms with E-state index in [2.05, 4.69) is 16.5 Å². The van der Waals surface area contributed by atoms with Gasteiger partial charge in [-0.15, -0.1) is 0 Å². The molecule has 0 saturated carbocycles. The normalized spacial score (nSPS) is 28.4.